The van der Waals surface area contributed by atoms with Gasteiger partial charge in [-0.1, -0.05) is 24.3 Å². The van der Waals surface area contributed by atoms with E-state index in [-0.39, 0.29) is 12.3 Å². The normalized spacial score (nSPS) is 13.3. The van der Waals surface area contributed by atoms with Gasteiger partial charge in [-0.2, -0.15) is 4.98 Å². The van der Waals surface area contributed by atoms with Crippen molar-refractivity contribution in [2.24, 2.45) is 0 Å². The predicted octanol–water partition coefficient (Wildman–Crippen LogP) is 2.72. The van der Waals surface area contributed by atoms with Gasteiger partial charge in [0.1, 0.15) is 5.03 Å². The van der Waals surface area contributed by atoms with Gasteiger partial charge in [-0.3, -0.25) is 4.57 Å². The second-order valence-electron chi connectivity index (χ2n) is 5.92. The van der Waals surface area contributed by atoms with E-state index in [2.05, 4.69) is 24.0 Å². The van der Waals surface area contributed by atoms with E-state index in [0.717, 1.165) is 35.7 Å². The number of hydrogen-bond donors (Lipinski definition) is 1. The number of fused-ring (bicyclic) bond motifs is 1. The molecule has 1 heterocycles. The zero-order valence-electron chi connectivity index (χ0n) is 13.4. The third kappa shape index (κ3) is 3.51. The third-order valence-corrected chi connectivity index (χ3v) is 5.43. The predicted molar refractivity (Wildman–Crippen MR) is 93.0 cm³/mol. The Morgan fingerprint density at radius 1 is 1.30 bits per heavy atom. The zero-order chi connectivity index (χ0) is 16.2. The average Bonchev–Trinajstić information content (AvgIpc) is 3.03. The van der Waals surface area contributed by atoms with Crippen LogP contribution in [-0.2, 0) is 25.1 Å². The van der Waals surface area contributed by atoms with Crippen LogP contribution in [0.4, 0.5) is 0 Å². The Morgan fingerprint density at radius 3 is 2.91 bits per heavy atom. The number of rotatable bonds is 6. The van der Waals surface area contributed by atoms with Crippen molar-refractivity contribution < 1.29 is 5.11 Å². The number of benzene rings is 1. The maximum Gasteiger partial charge on any atom is 0.348 e. The van der Waals surface area contributed by atoms with E-state index in [1.807, 2.05) is 12.1 Å². The molecule has 0 saturated carbocycles. The van der Waals surface area contributed by atoms with Crippen molar-refractivity contribution in [3.8, 4) is 0 Å². The molecule has 1 aliphatic rings. The van der Waals surface area contributed by atoms with Crippen LogP contribution in [0, 0.1) is 6.92 Å². The molecule has 0 saturated heterocycles. The Kier molecular flexibility index (Phi) is 5.18. The van der Waals surface area contributed by atoms with Crippen molar-refractivity contribution in [2.75, 3.05) is 6.61 Å². The van der Waals surface area contributed by atoms with Crippen LogP contribution in [0.3, 0.4) is 0 Å². The molecule has 0 atom stereocenters. The molecule has 0 radical (unpaired) electrons. The van der Waals surface area contributed by atoms with Crippen LogP contribution >= 0.6 is 11.8 Å². The van der Waals surface area contributed by atoms with Gasteiger partial charge in [-0.05, 0) is 43.7 Å². The lowest BCUT2D eigenvalue weighted by atomic mass is 10.1. The summed E-state index contributed by atoms with van der Waals surface area (Å²) < 4.78 is 1.76. The number of nitrogens with zero attached hydrogens (tertiary/aromatic N) is 2. The van der Waals surface area contributed by atoms with Gasteiger partial charge in [0, 0.05) is 30.2 Å². The van der Waals surface area contributed by atoms with Crippen LogP contribution in [0.1, 0.15) is 35.2 Å². The van der Waals surface area contributed by atoms with Crippen molar-refractivity contribution in [3.05, 3.63) is 57.1 Å². The Labute approximate surface area is 140 Å². The first kappa shape index (κ1) is 16.3. The van der Waals surface area contributed by atoms with Crippen molar-refractivity contribution >= 4 is 11.8 Å². The molecular formula is C18H22N2O2S. The minimum absolute atomic E-state index is 0.102. The Bertz CT molecular complexity index is 755. The SMILES string of the molecule is Cc1ccccc1CSc1nc(=O)n(CCCO)c2c1CCC2. The number of aliphatic hydroxyl groups is 1. The summed E-state index contributed by atoms with van der Waals surface area (Å²) >= 11 is 1.67. The van der Waals surface area contributed by atoms with E-state index >= 15 is 0 Å². The number of aryl methyl sites for hydroxylation is 1. The summed E-state index contributed by atoms with van der Waals surface area (Å²) in [6.07, 6.45) is 3.62. The van der Waals surface area contributed by atoms with Crippen molar-refractivity contribution in [2.45, 2.75) is 49.9 Å². The molecule has 0 fully saturated rings. The Hall–Kier alpha value is -1.59. The summed E-state index contributed by atoms with van der Waals surface area (Å²) in [5, 5.41) is 9.91. The first-order chi connectivity index (χ1) is 11.2. The fourth-order valence-corrected chi connectivity index (χ4v) is 4.24. The molecule has 0 aliphatic heterocycles. The molecule has 1 N–H and O–H groups in total. The van der Waals surface area contributed by atoms with E-state index in [4.69, 9.17) is 5.11 Å². The maximum atomic E-state index is 12.3. The minimum atomic E-state index is -0.175. The van der Waals surface area contributed by atoms with Gasteiger partial charge in [-0.25, -0.2) is 4.79 Å². The number of aliphatic hydroxyl groups excluding tert-OH is 1. The molecule has 4 nitrogen and oxygen atoms in total. The monoisotopic (exact) mass is 330 g/mol. The van der Waals surface area contributed by atoms with Crippen LogP contribution in [0.25, 0.3) is 0 Å². The van der Waals surface area contributed by atoms with Crippen LogP contribution in [0.2, 0.25) is 0 Å². The zero-order valence-corrected chi connectivity index (χ0v) is 14.2. The van der Waals surface area contributed by atoms with Crippen LogP contribution in [-0.4, -0.2) is 21.3 Å². The topological polar surface area (TPSA) is 55.1 Å². The molecule has 0 unspecified atom stereocenters. The molecule has 3 rings (SSSR count). The average molecular weight is 330 g/mol. The van der Waals surface area contributed by atoms with Gasteiger partial charge in [0.2, 0.25) is 0 Å². The highest BCUT2D eigenvalue weighted by atomic mass is 32.2. The molecule has 23 heavy (non-hydrogen) atoms. The van der Waals surface area contributed by atoms with E-state index in [9.17, 15) is 4.79 Å². The molecule has 0 amide bonds. The number of thioether (sulfide) groups is 1. The molecule has 5 heteroatoms. The van der Waals surface area contributed by atoms with Gasteiger partial charge in [0.05, 0.1) is 0 Å². The second-order valence-corrected chi connectivity index (χ2v) is 6.89. The Balaban J connectivity index is 1.86. The van der Waals surface area contributed by atoms with Crippen LogP contribution < -0.4 is 5.69 Å². The lowest BCUT2D eigenvalue weighted by Crippen LogP contribution is -2.27. The van der Waals surface area contributed by atoms with E-state index in [0.29, 0.717) is 13.0 Å². The second kappa shape index (κ2) is 7.32. The molecule has 1 aromatic heterocycles. The lowest BCUT2D eigenvalue weighted by Gasteiger charge is -2.14. The van der Waals surface area contributed by atoms with E-state index < -0.39 is 0 Å². The number of aromatic nitrogens is 2. The molecule has 0 bridgehead atoms. The minimum Gasteiger partial charge on any atom is -0.396 e. The number of hydrogen-bond acceptors (Lipinski definition) is 4. The fourth-order valence-electron chi connectivity index (χ4n) is 3.08. The summed E-state index contributed by atoms with van der Waals surface area (Å²) in [4.78, 5) is 16.7. The van der Waals surface area contributed by atoms with Gasteiger partial charge in [0.15, 0.2) is 0 Å². The highest BCUT2D eigenvalue weighted by Crippen LogP contribution is 2.31. The van der Waals surface area contributed by atoms with Crippen molar-refractivity contribution in [3.63, 3.8) is 0 Å². The standard InChI is InChI=1S/C18H22N2O2S/c1-13-6-2-3-7-14(13)12-23-17-15-8-4-9-16(15)20(10-5-11-21)18(22)19-17/h2-3,6-7,21H,4-5,8-12H2,1H3. The molecule has 1 aliphatic carbocycles. The first-order valence-corrected chi connectivity index (χ1v) is 9.10. The lowest BCUT2D eigenvalue weighted by molar-refractivity contribution is 0.277. The van der Waals surface area contributed by atoms with E-state index in [1.165, 1.54) is 16.7 Å². The largest absolute Gasteiger partial charge is 0.396 e. The summed E-state index contributed by atoms with van der Waals surface area (Å²) in [7, 11) is 0. The molecule has 122 valence electrons. The molecule has 2 aromatic rings. The van der Waals surface area contributed by atoms with E-state index in [1.54, 1.807) is 16.3 Å². The van der Waals surface area contributed by atoms with Gasteiger partial charge >= 0.3 is 5.69 Å². The highest BCUT2D eigenvalue weighted by Gasteiger charge is 2.21. The third-order valence-electron chi connectivity index (χ3n) is 4.37. The summed E-state index contributed by atoms with van der Waals surface area (Å²) in [6, 6.07) is 8.33. The fraction of sp³-hybridized carbons (Fsp3) is 0.444. The van der Waals surface area contributed by atoms with Crippen molar-refractivity contribution in [1.29, 1.82) is 0 Å². The quantitative estimate of drug-likeness (QED) is 0.653. The summed E-state index contributed by atoms with van der Waals surface area (Å²) in [5.41, 5.74) is 4.75. The van der Waals surface area contributed by atoms with Crippen molar-refractivity contribution in [1.82, 2.24) is 9.55 Å². The Morgan fingerprint density at radius 2 is 2.13 bits per heavy atom. The van der Waals surface area contributed by atoms with Crippen LogP contribution in [0.15, 0.2) is 34.1 Å². The molecule has 0 spiro atoms. The smallest absolute Gasteiger partial charge is 0.348 e. The first-order valence-electron chi connectivity index (χ1n) is 8.11. The summed E-state index contributed by atoms with van der Waals surface area (Å²) in [6.45, 7) is 2.78. The highest BCUT2D eigenvalue weighted by molar-refractivity contribution is 7.98. The molecule has 1 aromatic carbocycles. The van der Waals surface area contributed by atoms with Gasteiger partial charge < -0.3 is 5.11 Å². The summed E-state index contributed by atoms with van der Waals surface area (Å²) in [5.74, 6) is 0.839. The van der Waals surface area contributed by atoms with Gasteiger partial charge in [-0.15, -0.1) is 11.8 Å². The van der Waals surface area contributed by atoms with Crippen LogP contribution in [0.5, 0.6) is 0 Å². The van der Waals surface area contributed by atoms with Gasteiger partial charge in [0.25, 0.3) is 0 Å². The maximum absolute atomic E-state index is 12.3. The molecular weight excluding hydrogens is 308 g/mol.